The molecule has 0 saturated heterocycles. The van der Waals surface area contributed by atoms with Gasteiger partial charge in [0.1, 0.15) is 5.60 Å². The van der Waals surface area contributed by atoms with Crippen LogP contribution in [0.4, 0.5) is 4.79 Å². The molecule has 0 saturated carbocycles. The highest BCUT2D eigenvalue weighted by Gasteiger charge is 2.19. The van der Waals surface area contributed by atoms with Crippen molar-refractivity contribution in [3.05, 3.63) is 33.8 Å². The zero-order valence-electron chi connectivity index (χ0n) is 11.7. The van der Waals surface area contributed by atoms with Crippen LogP contribution in [0, 0.1) is 0 Å². The van der Waals surface area contributed by atoms with Crippen molar-refractivity contribution in [3.8, 4) is 0 Å². The van der Waals surface area contributed by atoms with Crippen LogP contribution in [0.1, 0.15) is 26.3 Å². The molecular weight excluding hydrogens is 301 g/mol. The summed E-state index contributed by atoms with van der Waals surface area (Å²) in [5, 5.41) is 12.9. The number of rotatable bonds is 4. The second-order valence-electron chi connectivity index (χ2n) is 5.48. The summed E-state index contributed by atoms with van der Waals surface area (Å²) in [6.45, 7) is 5.14. The van der Waals surface area contributed by atoms with E-state index in [-0.39, 0.29) is 6.61 Å². The highest BCUT2D eigenvalue weighted by molar-refractivity contribution is 6.42. The molecule has 0 radical (unpaired) electrons. The van der Waals surface area contributed by atoms with E-state index in [1.165, 1.54) is 0 Å². The lowest BCUT2D eigenvalue weighted by molar-refractivity contribution is 0.0483. The molecule has 20 heavy (non-hydrogen) atoms. The third kappa shape index (κ3) is 5.99. The second-order valence-corrected chi connectivity index (χ2v) is 6.29. The lowest BCUT2D eigenvalue weighted by Crippen LogP contribution is -2.42. The van der Waals surface area contributed by atoms with Gasteiger partial charge in [-0.15, -0.1) is 0 Å². The van der Waals surface area contributed by atoms with Crippen molar-refractivity contribution in [2.24, 2.45) is 0 Å². The Morgan fingerprint density at radius 1 is 1.35 bits per heavy atom. The summed E-state index contributed by atoms with van der Waals surface area (Å²) in [5.41, 5.74) is 0.294. The largest absolute Gasteiger partial charge is 0.444 e. The quantitative estimate of drug-likeness (QED) is 0.894. The van der Waals surface area contributed by atoms with E-state index in [9.17, 15) is 9.90 Å². The number of carbonyl (C=O) groups excluding carboxylic acids is 1. The fraction of sp³-hybridized carbons (Fsp3) is 0.500. The summed E-state index contributed by atoms with van der Waals surface area (Å²) in [5.74, 6) is 0. The van der Waals surface area contributed by atoms with Crippen LogP contribution in [0.3, 0.4) is 0 Å². The van der Waals surface area contributed by atoms with Crippen LogP contribution in [0.2, 0.25) is 10.0 Å². The first kappa shape index (κ1) is 17.1. The molecule has 0 aromatic heterocycles. The molecular formula is C14H19Cl2NO3. The topological polar surface area (TPSA) is 58.6 Å². The fourth-order valence-electron chi connectivity index (χ4n) is 1.59. The number of hydrogen-bond donors (Lipinski definition) is 2. The maximum atomic E-state index is 11.6. The van der Waals surface area contributed by atoms with Crippen molar-refractivity contribution in [1.82, 2.24) is 5.32 Å². The molecule has 1 rings (SSSR count). The summed E-state index contributed by atoms with van der Waals surface area (Å²) in [7, 11) is 0. The molecule has 0 spiro atoms. The number of aliphatic hydroxyl groups is 1. The predicted octanol–water partition coefficient (Wildman–Crippen LogP) is 3.42. The minimum absolute atomic E-state index is 0.195. The van der Waals surface area contributed by atoms with Crippen LogP contribution >= 0.6 is 23.2 Å². The molecule has 6 heteroatoms. The lowest BCUT2D eigenvalue weighted by Gasteiger charge is -2.22. The fourth-order valence-corrected chi connectivity index (χ4v) is 1.91. The van der Waals surface area contributed by atoms with E-state index in [2.05, 4.69) is 5.32 Å². The van der Waals surface area contributed by atoms with E-state index in [4.69, 9.17) is 27.9 Å². The number of aliphatic hydroxyl groups excluding tert-OH is 1. The van der Waals surface area contributed by atoms with Gasteiger partial charge in [-0.05, 0) is 44.9 Å². The van der Waals surface area contributed by atoms with Crippen LogP contribution < -0.4 is 5.32 Å². The molecule has 0 heterocycles. The van der Waals surface area contributed by atoms with Crippen LogP contribution in [0.15, 0.2) is 18.2 Å². The van der Waals surface area contributed by atoms with E-state index in [0.717, 1.165) is 5.56 Å². The zero-order chi connectivity index (χ0) is 15.3. The summed E-state index contributed by atoms with van der Waals surface area (Å²) in [6, 6.07) is 4.75. The van der Waals surface area contributed by atoms with Gasteiger partial charge in [-0.2, -0.15) is 0 Å². The molecule has 4 nitrogen and oxygen atoms in total. The summed E-state index contributed by atoms with van der Waals surface area (Å²) < 4.78 is 5.14. The monoisotopic (exact) mass is 319 g/mol. The van der Waals surface area contributed by atoms with Crippen LogP contribution in [-0.4, -0.2) is 29.4 Å². The number of amides is 1. The standard InChI is InChI=1S/C14H19Cl2NO3/c1-14(2,3)20-13(19)17-10(8-18)6-9-4-5-11(15)12(16)7-9/h4-5,7,10,18H,6,8H2,1-3H3,(H,17,19)/t10-/m1/s1. The van der Waals surface area contributed by atoms with E-state index in [0.29, 0.717) is 16.5 Å². The third-order valence-electron chi connectivity index (χ3n) is 2.41. The maximum Gasteiger partial charge on any atom is 0.407 e. The van der Waals surface area contributed by atoms with Gasteiger partial charge in [-0.1, -0.05) is 29.3 Å². The second kappa shape index (κ2) is 7.16. The Balaban J connectivity index is 2.63. The Labute approximate surface area is 129 Å². The molecule has 1 aromatic carbocycles. The molecule has 1 aromatic rings. The van der Waals surface area contributed by atoms with Gasteiger partial charge in [0.05, 0.1) is 22.7 Å². The summed E-state index contributed by atoms with van der Waals surface area (Å²) in [4.78, 5) is 11.6. The van der Waals surface area contributed by atoms with E-state index < -0.39 is 17.7 Å². The minimum Gasteiger partial charge on any atom is -0.444 e. The number of ether oxygens (including phenoxy) is 1. The van der Waals surface area contributed by atoms with Gasteiger partial charge in [0, 0.05) is 0 Å². The Hall–Kier alpha value is -0.970. The van der Waals surface area contributed by atoms with Crippen molar-refractivity contribution >= 4 is 29.3 Å². The summed E-state index contributed by atoms with van der Waals surface area (Å²) in [6.07, 6.45) is -0.122. The van der Waals surface area contributed by atoms with Gasteiger partial charge in [-0.25, -0.2) is 4.79 Å². The van der Waals surface area contributed by atoms with Gasteiger partial charge >= 0.3 is 6.09 Å². The van der Waals surface area contributed by atoms with E-state index in [1.54, 1.807) is 39.0 Å². The normalized spacial score (nSPS) is 12.9. The molecule has 0 bridgehead atoms. The first-order valence-electron chi connectivity index (χ1n) is 6.25. The third-order valence-corrected chi connectivity index (χ3v) is 3.15. The van der Waals surface area contributed by atoms with Gasteiger partial charge < -0.3 is 15.2 Å². The van der Waals surface area contributed by atoms with Gasteiger partial charge in [0.2, 0.25) is 0 Å². The lowest BCUT2D eigenvalue weighted by atomic mass is 10.1. The van der Waals surface area contributed by atoms with Gasteiger partial charge in [0.15, 0.2) is 0 Å². The Morgan fingerprint density at radius 3 is 2.50 bits per heavy atom. The molecule has 0 aliphatic heterocycles. The minimum atomic E-state index is -0.576. The first-order chi connectivity index (χ1) is 9.21. The Kier molecular flexibility index (Phi) is 6.11. The van der Waals surface area contributed by atoms with Crippen molar-refractivity contribution in [2.75, 3.05) is 6.61 Å². The Bertz CT molecular complexity index is 472. The SMILES string of the molecule is CC(C)(C)OC(=O)N[C@@H](CO)Cc1ccc(Cl)c(Cl)c1. The molecule has 1 atom stereocenters. The molecule has 2 N–H and O–H groups in total. The van der Waals surface area contributed by atoms with Crippen molar-refractivity contribution < 1.29 is 14.6 Å². The number of carbonyl (C=O) groups is 1. The van der Waals surface area contributed by atoms with Gasteiger partial charge in [-0.3, -0.25) is 0 Å². The molecule has 0 fully saturated rings. The van der Waals surface area contributed by atoms with Gasteiger partial charge in [0.25, 0.3) is 0 Å². The molecule has 0 aliphatic rings. The van der Waals surface area contributed by atoms with Crippen LogP contribution in [0.5, 0.6) is 0 Å². The van der Waals surface area contributed by atoms with Crippen LogP contribution in [0.25, 0.3) is 0 Å². The average molecular weight is 320 g/mol. The highest BCUT2D eigenvalue weighted by atomic mass is 35.5. The molecule has 0 unspecified atom stereocenters. The highest BCUT2D eigenvalue weighted by Crippen LogP contribution is 2.23. The number of halogens is 2. The van der Waals surface area contributed by atoms with E-state index >= 15 is 0 Å². The average Bonchev–Trinajstić information content (AvgIpc) is 2.30. The first-order valence-corrected chi connectivity index (χ1v) is 7.01. The molecule has 0 aliphatic carbocycles. The maximum absolute atomic E-state index is 11.6. The summed E-state index contributed by atoms with van der Waals surface area (Å²) >= 11 is 11.8. The molecule has 1 amide bonds. The number of benzene rings is 1. The molecule has 112 valence electrons. The zero-order valence-corrected chi connectivity index (χ0v) is 13.3. The number of alkyl carbamates (subject to hydrolysis) is 1. The predicted molar refractivity (Wildman–Crippen MR) is 80.4 cm³/mol. The Morgan fingerprint density at radius 2 is 2.00 bits per heavy atom. The van der Waals surface area contributed by atoms with Crippen LogP contribution in [-0.2, 0) is 11.2 Å². The van der Waals surface area contributed by atoms with Crippen molar-refractivity contribution in [2.45, 2.75) is 38.8 Å². The number of hydrogen-bond acceptors (Lipinski definition) is 3. The number of nitrogens with one attached hydrogen (secondary N) is 1. The van der Waals surface area contributed by atoms with Crippen molar-refractivity contribution in [1.29, 1.82) is 0 Å². The smallest absolute Gasteiger partial charge is 0.407 e. The van der Waals surface area contributed by atoms with Crippen molar-refractivity contribution in [3.63, 3.8) is 0 Å². The van der Waals surface area contributed by atoms with E-state index in [1.807, 2.05) is 0 Å².